The summed E-state index contributed by atoms with van der Waals surface area (Å²) in [6.45, 7) is 2.57. The van der Waals surface area contributed by atoms with Crippen LogP contribution in [0.1, 0.15) is 25.0 Å². The van der Waals surface area contributed by atoms with E-state index >= 15 is 0 Å². The van der Waals surface area contributed by atoms with Crippen LogP contribution in [-0.2, 0) is 31.4 Å². The van der Waals surface area contributed by atoms with Gasteiger partial charge in [0, 0.05) is 24.5 Å². The number of anilines is 1. The highest BCUT2D eigenvalue weighted by atomic mass is 79.9. The minimum atomic E-state index is -5.29. The van der Waals surface area contributed by atoms with Crippen LogP contribution in [0.25, 0.3) is 0 Å². The van der Waals surface area contributed by atoms with E-state index in [9.17, 15) is 35.9 Å². The Morgan fingerprint density at radius 3 is 1.85 bits per heavy atom. The van der Waals surface area contributed by atoms with E-state index in [1.807, 2.05) is 0 Å². The number of carbonyl (C=O) groups is 2. The van der Waals surface area contributed by atoms with E-state index in [0.717, 1.165) is 0 Å². The zero-order chi connectivity index (χ0) is 20.8. The normalized spacial score (nSPS) is 17.3. The van der Waals surface area contributed by atoms with Gasteiger partial charge in [0.15, 0.2) is 5.57 Å². The van der Waals surface area contributed by atoms with Crippen LogP contribution in [0.15, 0.2) is 28.4 Å². The van der Waals surface area contributed by atoms with E-state index in [0.29, 0.717) is 6.20 Å². The van der Waals surface area contributed by atoms with Crippen LogP contribution < -0.4 is 5.32 Å². The summed E-state index contributed by atoms with van der Waals surface area (Å²) in [4.78, 5) is 23.5. The van der Waals surface area contributed by atoms with Crippen molar-refractivity contribution in [3.8, 4) is 0 Å². The molecule has 1 heterocycles. The third kappa shape index (κ3) is 4.73. The third-order valence-corrected chi connectivity index (χ3v) is 3.86. The molecule has 0 unspecified atom stereocenters. The summed E-state index contributed by atoms with van der Waals surface area (Å²) < 4.78 is 86.8. The first-order valence-electron chi connectivity index (χ1n) is 7.03. The van der Waals surface area contributed by atoms with E-state index in [-0.39, 0.29) is 16.6 Å². The molecule has 148 valence electrons. The molecular formula is C15H10BrF6NO4. The number of alkyl halides is 6. The minimum absolute atomic E-state index is 0.202. The first-order valence-corrected chi connectivity index (χ1v) is 7.82. The van der Waals surface area contributed by atoms with Gasteiger partial charge in [-0.2, -0.15) is 26.3 Å². The fourth-order valence-corrected chi connectivity index (χ4v) is 2.54. The van der Waals surface area contributed by atoms with Crippen LogP contribution in [0.2, 0.25) is 0 Å². The van der Waals surface area contributed by atoms with Crippen molar-refractivity contribution in [3.05, 3.63) is 39.5 Å². The van der Waals surface area contributed by atoms with Crippen molar-refractivity contribution in [2.45, 2.75) is 32.0 Å². The van der Waals surface area contributed by atoms with Crippen LogP contribution in [0.3, 0.4) is 0 Å². The molecule has 1 aliphatic rings. The Morgan fingerprint density at radius 2 is 1.41 bits per heavy atom. The lowest BCUT2D eigenvalue weighted by Gasteiger charge is -2.29. The van der Waals surface area contributed by atoms with Gasteiger partial charge in [-0.25, -0.2) is 9.59 Å². The van der Waals surface area contributed by atoms with Gasteiger partial charge < -0.3 is 14.8 Å². The summed E-state index contributed by atoms with van der Waals surface area (Å²) in [7, 11) is 0. The standard InChI is InChI=1S/C15H10BrF6NO4/c1-13(2)26-11(24)6(12(25)27-13)5-23-10-4-8(15(20,21)22)7(3-9(10)16)14(17,18)19/h3-5,23H,1-2H3. The molecule has 2 rings (SSSR count). The second kappa shape index (κ2) is 6.73. The van der Waals surface area contributed by atoms with Crippen molar-refractivity contribution in [2.75, 3.05) is 5.32 Å². The predicted octanol–water partition coefficient (Wildman–Crippen LogP) is 4.62. The molecule has 1 aliphatic heterocycles. The van der Waals surface area contributed by atoms with Gasteiger partial charge in [0.25, 0.3) is 5.79 Å². The van der Waals surface area contributed by atoms with Gasteiger partial charge in [0.1, 0.15) is 0 Å². The zero-order valence-electron chi connectivity index (χ0n) is 13.5. The first-order chi connectivity index (χ1) is 12.1. The van der Waals surface area contributed by atoms with Crippen LogP contribution in [0.5, 0.6) is 0 Å². The molecule has 12 heteroatoms. The Labute approximate surface area is 156 Å². The lowest BCUT2D eigenvalue weighted by atomic mass is 10.1. The third-order valence-electron chi connectivity index (χ3n) is 3.21. The number of nitrogens with one attached hydrogen (secondary N) is 1. The number of carbonyl (C=O) groups excluding carboxylic acids is 2. The molecule has 5 nitrogen and oxygen atoms in total. The van der Waals surface area contributed by atoms with Crippen LogP contribution >= 0.6 is 15.9 Å². The molecule has 1 aromatic carbocycles. The molecule has 0 aliphatic carbocycles. The summed E-state index contributed by atoms with van der Waals surface area (Å²) in [5.41, 5.74) is -4.96. The van der Waals surface area contributed by atoms with Crippen molar-refractivity contribution in [1.82, 2.24) is 0 Å². The molecule has 0 saturated carbocycles. The molecule has 1 N–H and O–H groups in total. The molecule has 1 saturated heterocycles. The smallest absolute Gasteiger partial charge is 0.417 e. The van der Waals surface area contributed by atoms with Gasteiger partial charge in [-0.15, -0.1) is 0 Å². The maximum Gasteiger partial charge on any atom is 0.417 e. The Balaban J connectivity index is 2.43. The van der Waals surface area contributed by atoms with Gasteiger partial charge in [0.2, 0.25) is 0 Å². The molecule has 0 bridgehead atoms. The van der Waals surface area contributed by atoms with E-state index in [1.54, 1.807) is 0 Å². The molecule has 0 spiro atoms. The Bertz CT molecular complexity index is 807. The second-order valence-electron chi connectivity index (χ2n) is 5.75. The lowest BCUT2D eigenvalue weighted by molar-refractivity contribution is -0.222. The number of hydrogen-bond acceptors (Lipinski definition) is 5. The van der Waals surface area contributed by atoms with Crippen LogP contribution in [0.4, 0.5) is 32.0 Å². The maximum absolute atomic E-state index is 13.0. The van der Waals surface area contributed by atoms with Crippen molar-refractivity contribution in [2.24, 2.45) is 0 Å². The SMILES string of the molecule is CC1(C)OC(=O)C(=CNc2cc(C(F)(F)F)c(C(F)(F)F)cc2Br)C(=O)O1. The molecule has 0 aromatic heterocycles. The van der Waals surface area contributed by atoms with Crippen molar-refractivity contribution in [1.29, 1.82) is 0 Å². The van der Waals surface area contributed by atoms with Gasteiger partial charge in [0.05, 0.1) is 16.8 Å². The Kier molecular flexibility index (Phi) is 5.25. The van der Waals surface area contributed by atoms with Gasteiger partial charge in [-0.1, -0.05) is 0 Å². The molecule has 0 atom stereocenters. The Morgan fingerprint density at radius 1 is 0.963 bits per heavy atom. The van der Waals surface area contributed by atoms with Crippen LogP contribution in [0, 0.1) is 0 Å². The fraction of sp³-hybridized carbons (Fsp3) is 0.333. The van der Waals surface area contributed by atoms with E-state index < -0.39 is 52.5 Å². The molecule has 1 aromatic rings. The number of rotatable bonds is 2. The fourth-order valence-electron chi connectivity index (χ4n) is 2.08. The monoisotopic (exact) mass is 461 g/mol. The predicted molar refractivity (Wildman–Crippen MR) is 82.1 cm³/mol. The number of cyclic esters (lactones) is 2. The van der Waals surface area contributed by atoms with E-state index in [1.165, 1.54) is 13.8 Å². The van der Waals surface area contributed by atoms with Gasteiger partial charge in [-0.3, -0.25) is 0 Å². The van der Waals surface area contributed by atoms with E-state index in [2.05, 4.69) is 21.2 Å². The number of esters is 2. The number of ether oxygens (including phenoxy) is 2. The molecule has 0 radical (unpaired) electrons. The van der Waals surface area contributed by atoms with Gasteiger partial charge in [-0.05, 0) is 28.1 Å². The highest BCUT2D eigenvalue weighted by molar-refractivity contribution is 9.10. The number of benzene rings is 1. The quantitative estimate of drug-likeness (QED) is 0.301. The molecule has 0 amide bonds. The van der Waals surface area contributed by atoms with E-state index in [4.69, 9.17) is 9.47 Å². The van der Waals surface area contributed by atoms with Crippen LogP contribution in [-0.4, -0.2) is 17.7 Å². The number of hydrogen-bond donors (Lipinski definition) is 1. The minimum Gasteiger partial charge on any atom is -0.419 e. The second-order valence-corrected chi connectivity index (χ2v) is 6.61. The molecule has 1 fully saturated rings. The molecular weight excluding hydrogens is 452 g/mol. The lowest BCUT2D eigenvalue weighted by Crippen LogP contribution is -2.42. The Hall–Kier alpha value is -2.24. The summed E-state index contributed by atoms with van der Waals surface area (Å²) in [5.74, 6) is -3.74. The first kappa shape index (κ1) is 21.1. The van der Waals surface area contributed by atoms with Crippen molar-refractivity contribution >= 4 is 33.6 Å². The summed E-state index contributed by atoms with van der Waals surface area (Å²) in [6, 6.07) is 0.442. The van der Waals surface area contributed by atoms with Gasteiger partial charge >= 0.3 is 24.3 Å². The average molecular weight is 462 g/mol. The molecule has 27 heavy (non-hydrogen) atoms. The van der Waals surface area contributed by atoms with Crippen molar-refractivity contribution < 1.29 is 45.4 Å². The highest BCUT2D eigenvalue weighted by Gasteiger charge is 2.44. The largest absolute Gasteiger partial charge is 0.419 e. The highest BCUT2D eigenvalue weighted by Crippen LogP contribution is 2.43. The summed E-state index contributed by atoms with van der Waals surface area (Å²) in [6.07, 6.45) is -9.85. The summed E-state index contributed by atoms with van der Waals surface area (Å²) >= 11 is 2.72. The average Bonchev–Trinajstić information content (AvgIpc) is 2.43. The van der Waals surface area contributed by atoms with Crippen molar-refractivity contribution in [3.63, 3.8) is 0 Å². The number of halogens is 7. The maximum atomic E-state index is 13.0. The zero-order valence-corrected chi connectivity index (χ0v) is 15.1. The summed E-state index contributed by atoms with van der Waals surface area (Å²) in [5, 5.41) is 2.18. The topological polar surface area (TPSA) is 64.6 Å².